The summed E-state index contributed by atoms with van der Waals surface area (Å²) in [6.45, 7) is 6.74. The molecule has 4 aromatic rings. The SMILES string of the molecule is C=CCN1C(=O)C(=Cc2cn(-c3ccccc3)nc2-c2ccccc2)SC1=Nc1ccc(OCC)cc1. The van der Waals surface area contributed by atoms with Crippen molar-refractivity contribution >= 4 is 34.6 Å². The quantitative estimate of drug-likeness (QED) is 0.196. The second-order valence-corrected chi connectivity index (χ2v) is 9.22. The number of carbonyl (C=O) groups excluding carboxylic acids is 1. The third-order valence-electron chi connectivity index (χ3n) is 5.67. The first kappa shape index (κ1) is 24.3. The molecule has 37 heavy (non-hydrogen) atoms. The molecule has 1 fully saturated rings. The first-order valence-electron chi connectivity index (χ1n) is 12.0. The Morgan fingerprint density at radius 3 is 2.38 bits per heavy atom. The average molecular weight is 507 g/mol. The first-order chi connectivity index (χ1) is 18.2. The van der Waals surface area contributed by atoms with Crippen molar-refractivity contribution in [1.29, 1.82) is 0 Å². The van der Waals surface area contributed by atoms with Crippen molar-refractivity contribution in [3.8, 4) is 22.7 Å². The lowest BCUT2D eigenvalue weighted by molar-refractivity contribution is -0.121. The number of amides is 1. The van der Waals surface area contributed by atoms with E-state index in [0.717, 1.165) is 33.9 Å². The van der Waals surface area contributed by atoms with Gasteiger partial charge in [-0.2, -0.15) is 5.10 Å². The fourth-order valence-corrected chi connectivity index (χ4v) is 4.94. The number of thioether (sulfide) groups is 1. The highest BCUT2D eigenvalue weighted by Crippen LogP contribution is 2.36. The van der Waals surface area contributed by atoms with E-state index in [1.54, 1.807) is 11.0 Å². The predicted molar refractivity (Wildman–Crippen MR) is 151 cm³/mol. The van der Waals surface area contributed by atoms with Gasteiger partial charge in [-0.3, -0.25) is 9.69 Å². The summed E-state index contributed by atoms with van der Waals surface area (Å²) in [5.41, 5.74) is 4.33. The number of benzene rings is 3. The van der Waals surface area contributed by atoms with Crippen LogP contribution in [0, 0.1) is 0 Å². The Balaban J connectivity index is 1.53. The fourth-order valence-electron chi connectivity index (χ4n) is 3.94. The normalized spacial score (nSPS) is 15.5. The number of ether oxygens (including phenoxy) is 1. The van der Waals surface area contributed by atoms with Gasteiger partial charge in [0.1, 0.15) is 5.75 Å². The van der Waals surface area contributed by atoms with Gasteiger partial charge in [0.05, 0.1) is 28.6 Å². The van der Waals surface area contributed by atoms with Gasteiger partial charge in [0, 0.05) is 23.9 Å². The van der Waals surface area contributed by atoms with Crippen LogP contribution in [-0.4, -0.2) is 38.9 Å². The molecule has 7 heteroatoms. The number of para-hydroxylation sites is 1. The van der Waals surface area contributed by atoms with Crippen molar-refractivity contribution in [2.45, 2.75) is 6.92 Å². The minimum absolute atomic E-state index is 0.110. The highest BCUT2D eigenvalue weighted by Gasteiger charge is 2.33. The van der Waals surface area contributed by atoms with Crippen LogP contribution in [0.15, 0.2) is 114 Å². The van der Waals surface area contributed by atoms with Crippen molar-refractivity contribution in [3.63, 3.8) is 0 Å². The smallest absolute Gasteiger partial charge is 0.267 e. The Morgan fingerprint density at radius 2 is 1.70 bits per heavy atom. The number of carbonyl (C=O) groups is 1. The molecular formula is C30H26N4O2S. The van der Waals surface area contributed by atoms with Gasteiger partial charge >= 0.3 is 0 Å². The van der Waals surface area contributed by atoms with Crippen molar-refractivity contribution < 1.29 is 9.53 Å². The maximum absolute atomic E-state index is 13.4. The van der Waals surface area contributed by atoms with Crippen LogP contribution in [0.2, 0.25) is 0 Å². The Kier molecular flexibility index (Phi) is 7.33. The van der Waals surface area contributed by atoms with E-state index >= 15 is 0 Å². The minimum atomic E-state index is -0.110. The molecule has 1 aromatic heterocycles. The molecule has 0 unspecified atom stereocenters. The van der Waals surface area contributed by atoms with E-state index in [-0.39, 0.29) is 5.91 Å². The number of hydrogen-bond donors (Lipinski definition) is 0. The van der Waals surface area contributed by atoms with E-state index in [4.69, 9.17) is 14.8 Å². The summed E-state index contributed by atoms with van der Waals surface area (Å²) in [6.07, 6.45) is 5.56. The molecule has 0 radical (unpaired) electrons. The average Bonchev–Trinajstić information content (AvgIpc) is 3.48. The van der Waals surface area contributed by atoms with Crippen LogP contribution in [0.3, 0.4) is 0 Å². The molecule has 0 N–H and O–H groups in total. The summed E-state index contributed by atoms with van der Waals surface area (Å²) >= 11 is 1.35. The molecule has 1 aliphatic heterocycles. The lowest BCUT2D eigenvalue weighted by Gasteiger charge is -2.12. The topological polar surface area (TPSA) is 59.7 Å². The zero-order valence-electron chi connectivity index (χ0n) is 20.4. The van der Waals surface area contributed by atoms with Crippen molar-refractivity contribution in [2.75, 3.05) is 13.2 Å². The molecule has 1 saturated heterocycles. The maximum Gasteiger partial charge on any atom is 0.267 e. The molecule has 184 valence electrons. The Morgan fingerprint density at radius 1 is 1.00 bits per heavy atom. The van der Waals surface area contributed by atoms with Crippen LogP contribution in [-0.2, 0) is 4.79 Å². The molecule has 0 saturated carbocycles. The summed E-state index contributed by atoms with van der Waals surface area (Å²) in [5.74, 6) is 0.676. The van der Waals surface area contributed by atoms with Gasteiger partial charge in [0.25, 0.3) is 5.91 Å². The second kappa shape index (κ2) is 11.1. The zero-order valence-corrected chi connectivity index (χ0v) is 21.3. The van der Waals surface area contributed by atoms with Gasteiger partial charge in [-0.15, -0.1) is 6.58 Å². The molecule has 1 aliphatic rings. The third kappa shape index (κ3) is 5.42. The Bertz CT molecular complexity index is 1460. The van der Waals surface area contributed by atoms with Gasteiger partial charge in [0.15, 0.2) is 5.17 Å². The van der Waals surface area contributed by atoms with Crippen molar-refractivity contribution in [2.24, 2.45) is 4.99 Å². The molecule has 1 amide bonds. The van der Waals surface area contributed by atoms with Crippen LogP contribution in [0.25, 0.3) is 23.0 Å². The number of nitrogens with zero attached hydrogens (tertiary/aromatic N) is 4. The lowest BCUT2D eigenvalue weighted by atomic mass is 10.1. The van der Waals surface area contributed by atoms with Gasteiger partial charge in [-0.1, -0.05) is 54.6 Å². The van der Waals surface area contributed by atoms with Gasteiger partial charge in [0.2, 0.25) is 0 Å². The maximum atomic E-state index is 13.4. The van der Waals surface area contributed by atoms with E-state index in [0.29, 0.717) is 23.2 Å². The van der Waals surface area contributed by atoms with Crippen molar-refractivity contribution in [1.82, 2.24) is 14.7 Å². The summed E-state index contributed by atoms with van der Waals surface area (Å²) in [6, 6.07) is 27.4. The molecule has 0 bridgehead atoms. The lowest BCUT2D eigenvalue weighted by Crippen LogP contribution is -2.29. The van der Waals surface area contributed by atoms with Crippen LogP contribution >= 0.6 is 11.8 Å². The van der Waals surface area contributed by atoms with Crippen LogP contribution in [0.5, 0.6) is 5.75 Å². The third-order valence-corrected chi connectivity index (χ3v) is 6.68. The molecule has 3 aromatic carbocycles. The number of aliphatic imine (C=N–C) groups is 1. The fraction of sp³-hybridized carbons (Fsp3) is 0.100. The van der Waals surface area contributed by atoms with E-state index < -0.39 is 0 Å². The highest BCUT2D eigenvalue weighted by molar-refractivity contribution is 8.18. The van der Waals surface area contributed by atoms with Crippen LogP contribution in [0.4, 0.5) is 5.69 Å². The predicted octanol–water partition coefficient (Wildman–Crippen LogP) is 6.73. The molecule has 0 aliphatic carbocycles. The van der Waals surface area contributed by atoms with E-state index in [1.807, 2.05) is 109 Å². The van der Waals surface area contributed by atoms with Gasteiger partial charge in [-0.05, 0) is 61.2 Å². The Labute approximate surface area is 220 Å². The van der Waals surface area contributed by atoms with Crippen LogP contribution < -0.4 is 4.74 Å². The van der Waals surface area contributed by atoms with Gasteiger partial charge in [-0.25, -0.2) is 9.67 Å². The zero-order chi connectivity index (χ0) is 25.6. The Hall–Kier alpha value is -4.36. The van der Waals surface area contributed by atoms with Crippen LogP contribution in [0.1, 0.15) is 12.5 Å². The molecular weight excluding hydrogens is 480 g/mol. The highest BCUT2D eigenvalue weighted by atomic mass is 32.2. The number of rotatable bonds is 8. The molecule has 5 rings (SSSR count). The molecule has 0 atom stereocenters. The standard InChI is InChI=1S/C30H26N4O2S/c1-3-19-33-29(35)27(37-30(33)31-24-15-17-26(18-16-24)36-4-2)20-23-21-34(25-13-9-6-10-14-25)32-28(23)22-11-7-5-8-12-22/h3,5-18,20-21H,1,4,19H2,2H3. The molecule has 6 nitrogen and oxygen atoms in total. The van der Waals surface area contributed by atoms with Crippen molar-refractivity contribution in [3.05, 3.63) is 114 Å². The second-order valence-electron chi connectivity index (χ2n) is 8.22. The van der Waals surface area contributed by atoms with E-state index in [9.17, 15) is 4.79 Å². The number of hydrogen-bond acceptors (Lipinski definition) is 5. The first-order valence-corrected chi connectivity index (χ1v) is 12.8. The number of aromatic nitrogens is 2. The molecule has 0 spiro atoms. The summed E-state index contributed by atoms with van der Waals surface area (Å²) in [4.78, 5) is 20.4. The van der Waals surface area contributed by atoms with E-state index in [1.165, 1.54) is 11.8 Å². The molecule has 2 heterocycles. The monoisotopic (exact) mass is 506 g/mol. The summed E-state index contributed by atoms with van der Waals surface area (Å²) in [5, 5.41) is 5.47. The van der Waals surface area contributed by atoms with Gasteiger partial charge < -0.3 is 4.74 Å². The van der Waals surface area contributed by atoms with E-state index in [2.05, 4.69) is 6.58 Å². The summed E-state index contributed by atoms with van der Waals surface area (Å²) < 4.78 is 7.37. The summed E-state index contributed by atoms with van der Waals surface area (Å²) in [7, 11) is 0. The largest absolute Gasteiger partial charge is 0.494 e. The minimum Gasteiger partial charge on any atom is -0.494 e. The number of amidine groups is 1.